The fourth-order valence-corrected chi connectivity index (χ4v) is 3.53. The number of nitrogens with one attached hydrogen (secondary N) is 2. The molecule has 4 aromatic rings. The SMILES string of the molecule is COc1ccc(NC(=O)CSc2nnc3c(n2)[nH]c2ccc(OC)cc23)c(OC)c1. The zero-order chi connectivity index (χ0) is 21.1. The molecule has 9 nitrogen and oxygen atoms in total. The van der Waals surface area contributed by atoms with Gasteiger partial charge in [-0.05, 0) is 30.3 Å². The van der Waals surface area contributed by atoms with Gasteiger partial charge < -0.3 is 24.5 Å². The Hall–Kier alpha value is -3.53. The van der Waals surface area contributed by atoms with Crippen LogP contribution in [0.1, 0.15) is 0 Å². The molecule has 0 atom stereocenters. The predicted octanol–water partition coefficient (Wildman–Crippen LogP) is 3.26. The van der Waals surface area contributed by atoms with Gasteiger partial charge in [-0.2, -0.15) is 0 Å². The summed E-state index contributed by atoms with van der Waals surface area (Å²) in [6, 6.07) is 10.8. The van der Waals surface area contributed by atoms with Crippen molar-refractivity contribution in [3.8, 4) is 17.2 Å². The number of methoxy groups -OCH3 is 3. The van der Waals surface area contributed by atoms with Gasteiger partial charge >= 0.3 is 0 Å². The first-order valence-electron chi connectivity index (χ1n) is 8.96. The van der Waals surface area contributed by atoms with Gasteiger partial charge in [-0.1, -0.05) is 11.8 Å². The van der Waals surface area contributed by atoms with Crippen molar-refractivity contribution in [1.29, 1.82) is 0 Å². The number of aromatic nitrogens is 4. The Morgan fingerprint density at radius 1 is 1.03 bits per heavy atom. The third-order valence-electron chi connectivity index (χ3n) is 4.42. The number of benzene rings is 2. The van der Waals surface area contributed by atoms with Crippen LogP contribution in [0.3, 0.4) is 0 Å². The molecule has 2 heterocycles. The molecule has 2 aromatic heterocycles. The standard InChI is InChI=1S/C20H19N5O4S/c1-27-11-4-6-14-13(8-11)18-19(22-14)23-20(25-24-18)30-10-17(26)21-15-7-5-12(28-2)9-16(15)29-3/h4-9H,10H2,1-3H3,(H,21,26)(H,22,23,25). The quantitative estimate of drug-likeness (QED) is 0.434. The number of thioether (sulfide) groups is 1. The van der Waals surface area contributed by atoms with Crippen molar-refractivity contribution in [2.24, 2.45) is 0 Å². The third-order valence-corrected chi connectivity index (χ3v) is 5.26. The molecule has 2 aromatic carbocycles. The minimum absolute atomic E-state index is 0.121. The summed E-state index contributed by atoms with van der Waals surface area (Å²) in [5, 5.41) is 12.5. The first kappa shape index (κ1) is 19.8. The molecule has 0 saturated carbocycles. The lowest BCUT2D eigenvalue weighted by atomic mass is 10.2. The molecule has 4 rings (SSSR count). The number of hydrogen-bond donors (Lipinski definition) is 2. The summed E-state index contributed by atoms with van der Waals surface area (Å²) in [6.07, 6.45) is 0. The molecule has 10 heteroatoms. The molecule has 0 spiro atoms. The van der Waals surface area contributed by atoms with Gasteiger partial charge in [0.05, 0.1) is 32.8 Å². The van der Waals surface area contributed by atoms with Crippen LogP contribution in [0.5, 0.6) is 17.2 Å². The molecule has 1 amide bonds. The number of anilines is 1. The van der Waals surface area contributed by atoms with E-state index < -0.39 is 0 Å². The monoisotopic (exact) mass is 425 g/mol. The van der Waals surface area contributed by atoms with Crippen LogP contribution in [0, 0.1) is 0 Å². The van der Waals surface area contributed by atoms with Crippen molar-refractivity contribution in [3.63, 3.8) is 0 Å². The summed E-state index contributed by atoms with van der Waals surface area (Å²) in [7, 11) is 4.71. The van der Waals surface area contributed by atoms with Gasteiger partial charge in [-0.3, -0.25) is 4.79 Å². The van der Waals surface area contributed by atoms with Crippen molar-refractivity contribution in [2.45, 2.75) is 5.16 Å². The maximum absolute atomic E-state index is 12.4. The minimum atomic E-state index is -0.214. The van der Waals surface area contributed by atoms with Gasteiger partial charge in [-0.25, -0.2) is 4.98 Å². The van der Waals surface area contributed by atoms with E-state index in [1.54, 1.807) is 32.4 Å². The number of amides is 1. The van der Waals surface area contributed by atoms with E-state index in [2.05, 4.69) is 25.5 Å². The Balaban J connectivity index is 1.47. The first-order chi connectivity index (χ1) is 14.6. The Labute approximate surface area is 176 Å². The van der Waals surface area contributed by atoms with Crippen LogP contribution in [0.15, 0.2) is 41.6 Å². The minimum Gasteiger partial charge on any atom is -0.497 e. The molecule has 2 N–H and O–H groups in total. The summed E-state index contributed by atoms with van der Waals surface area (Å²) in [6.45, 7) is 0. The Kier molecular flexibility index (Phi) is 5.57. The molecule has 0 bridgehead atoms. The smallest absolute Gasteiger partial charge is 0.234 e. The number of nitrogens with zero attached hydrogens (tertiary/aromatic N) is 3. The lowest BCUT2D eigenvalue weighted by Gasteiger charge is -2.11. The van der Waals surface area contributed by atoms with Crippen molar-refractivity contribution in [2.75, 3.05) is 32.4 Å². The molecule has 0 saturated heterocycles. The van der Waals surface area contributed by atoms with Crippen LogP contribution in [0.25, 0.3) is 22.1 Å². The molecule has 154 valence electrons. The third kappa shape index (κ3) is 3.94. The molecule has 0 radical (unpaired) electrons. The number of carbonyl (C=O) groups is 1. The first-order valence-corrected chi connectivity index (χ1v) is 9.94. The summed E-state index contributed by atoms with van der Waals surface area (Å²) >= 11 is 1.19. The van der Waals surface area contributed by atoms with E-state index in [1.807, 2.05) is 18.2 Å². The molecule has 0 fully saturated rings. The van der Waals surface area contributed by atoms with Gasteiger partial charge in [0.25, 0.3) is 0 Å². The highest BCUT2D eigenvalue weighted by Gasteiger charge is 2.13. The van der Waals surface area contributed by atoms with Gasteiger partial charge in [-0.15, -0.1) is 10.2 Å². The largest absolute Gasteiger partial charge is 0.497 e. The van der Waals surface area contributed by atoms with E-state index in [0.717, 1.165) is 16.7 Å². The highest BCUT2D eigenvalue weighted by molar-refractivity contribution is 7.99. The molecule has 0 aliphatic rings. The lowest BCUT2D eigenvalue weighted by Crippen LogP contribution is -2.15. The van der Waals surface area contributed by atoms with Crippen LogP contribution < -0.4 is 19.5 Å². The second-order valence-electron chi connectivity index (χ2n) is 6.23. The Morgan fingerprint density at radius 2 is 1.80 bits per heavy atom. The summed E-state index contributed by atoms with van der Waals surface area (Å²) in [5.74, 6) is 1.79. The van der Waals surface area contributed by atoms with E-state index in [1.165, 1.54) is 18.9 Å². The zero-order valence-electron chi connectivity index (χ0n) is 16.6. The molecule has 0 aliphatic heterocycles. The summed E-state index contributed by atoms with van der Waals surface area (Å²) in [5.41, 5.74) is 2.70. The molecular weight excluding hydrogens is 406 g/mol. The molecule has 30 heavy (non-hydrogen) atoms. The molecule has 0 aliphatic carbocycles. The second-order valence-corrected chi connectivity index (χ2v) is 7.17. The van der Waals surface area contributed by atoms with Crippen LogP contribution in [0.4, 0.5) is 5.69 Å². The fourth-order valence-electron chi connectivity index (χ4n) is 2.94. The number of ether oxygens (including phenoxy) is 3. The highest BCUT2D eigenvalue weighted by atomic mass is 32.2. The van der Waals surface area contributed by atoms with Gasteiger partial charge in [0.1, 0.15) is 22.8 Å². The maximum Gasteiger partial charge on any atom is 0.234 e. The number of rotatable bonds is 7. The van der Waals surface area contributed by atoms with E-state index >= 15 is 0 Å². The number of carbonyl (C=O) groups excluding carboxylic acids is 1. The number of H-pyrrole nitrogens is 1. The van der Waals surface area contributed by atoms with Crippen LogP contribution in [-0.2, 0) is 4.79 Å². The van der Waals surface area contributed by atoms with E-state index in [4.69, 9.17) is 14.2 Å². The normalized spacial score (nSPS) is 10.9. The number of fused-ring (bicyclic) bond motifs is 3. The lowest BCUT2D eigenvalue weighted by molar-refractivity contribution is -0.113. The van der Waals surface area contributed by atoms with Crippen molar-refractivity contribution < 1.29 is 19.0 Å². The predicted molar refractivity (Wildman–Crippen MR) is 115 cm³/mol. The average molecular weight is 425 g/mol. The average Bonchev–Trinajstić information content (AvgIpc) is 3.14. The zero-order valence-corrected chi connectivity index (χ0v) is 17.4. The van der Waals surface area contributed by atoms with Gasteiger partial charge in [0.2, 0.25) is 11.1 Å². The van der Waals surface area contributed by atoms with E-state index in [9.17, 15) is 4.79 Å². The number of hydrogen-bond acceptors (Lipinski definition) is 8. The van der Waals surface area contributed by atoms with Crippen LogP contribution in [0.2, 0.25) is 0 Å². The molecule has 0 unspecified atom stereocenters. The highest BCUT2D eigenvalue weighted by Crippen LogP contribution is 2.30. The topological polar surface area (TPSA) is 111 Å². The van der Waals surface area contributed by atoms with E-state index in [-0.39, 0.29) is 11.7 Å². The van der Waals surface area contributed by atoms with Crippen molar-refractivity contribution in [1.82, 2.24) is 20.2 Å². The number of aromatic amines is 1. The van der Waals surface area contributed by atoms with Crippen molar-refractivity contribution >= 4 is 45.4 Å². The van der Waals surface area contributed by atoms with Gasteiger partial charge in [0.15, 0.2) is 5.65 Å². The fraction of sp³-hybridized carbons (Fsp3) is 0.200. The van der Waals surface area contributed by atoms with Crippen molar-refractivity contribution in [3.05, 3.63) is 36.4 Å². The summed E-state index contributed by atoms with van der Waals surface area (Å²) < 4.78 is 15.7. The molecular formula is C20H19N5O4S. The van der Waals surface area contributed by atoms with E-state index in [0.29, 0.717) is 33.5 Å². The Morgan fingerprint density at radius 3 is 2.57 bits per heavy atom. The van der Waals surface area contributed by atoms with Gasteiger partial charge in [0, 0.05) is 17.0 Å². The summed E-state index contributed by atoms with van der Waals surface area (Å²) in [4.78, 5) is 20.1. The Bertz CT molecular complexity index is 1230. The maximum atomic E-state index is 12.4. The second kappa shape index (κ2) is 8.46. The van der Waals surface area contributed by atoms with Crippen LogP contribution >= 0.6 is 11.8 Å². The van der Waals surface area contributed by atoms with Crippen LogP contribution in [-0.4, -0.2) is 53.2 Å².